The SMILES string of the molecule is Brc1cnc(N2CCC(c3ccccc3)C2)c(Br)c1. The molecule has 1 aliphatic rings. The number of hydrogen-bond donors (Lipinski definition) is 0. The molecule has 1 aliphatic heterocycles. The second kappa shape index (κ2) is 5.63. The van der Waals surface area contributed by atoms with Gasteiger partial charge in [-0.05, 0) is 49.9 Å². The lowest BCUT2D eigenvalue weighted by Gasteiger charge is -2.19. The third kappa shape index (κ3) is 2.84. The van der Waals surface area contributed by atoms with Crippen molar-refractivity contribution in [1.29, 1.82) is 0 Å². The Morgan fingerprint density at radius 3 is 2.68 bits per heavy atom. The molecule has 1 unspecified atom stereocenters. The lowest BCUT2D eigenvalue weighted by Crippen LogP contribution is -2.20. The summed E-state index contributed by atoms with van der Waals surface area (Å²) in [6.07, 6.45) is 3.05. The predicted octanol–water partition coefficient (Wildman–Crippen LogP) is 4.60. The second-order valence-corrected chi connectivity index (χ2v) is 6.57. The van der Waals surface area contributed by atoms with Crippen LogP contribution < -0.4 is 4.90 Å². The van der Waals surface area contributed by atoms with E-state index in [1.165, 1.54) is 12.0 Å². The van der Waals surface area contributed by atoms with E-state index in [9.17, 15) is 0 Å². The Morgan fingerprint density at radius 1 is 1.16 bits per heavy atom. The molecular weight excluding hydrogens is 368 g/mol. The molecule has 1 aromatic heterocycles. The fourth-order valence-electron chi connectivity index (χ4n) is 2.59. The van der Waals surface area contributed by atoms with E-state index in [4.69, 9.17) is 0 Å². The van der Waals surface area contributed by atoms with E-state index in [1.807, 2.05) is 6.20 Å². The first kappa shape index (κ1) is 13.1. The van der Waals surface area contributed by atoms with Gasteiger partial charge in [0.15, 0.2) is 0 Å². The molecule has 0 N–H and O–H groups in total. The summed E-state index contributed by atoms with van der Waals surface area (Å²) in [6, 6.07) is 12.8. The minimum absolute atomic E-state index is 0.610. The fourth-order valence-corrected chi connectivity index (χ4v) is 3.83. The van der Waals surface area contributed by atoms with Crippen molar-refractivity contribution < 1.29 is 0 Å². The monoisotopic (exact) mass is 380 g/mol. The average Bonchev–Trinajstić information content (AvgIpc) is 2.89. The maximum atomic E-state index is 4.52. The normalized spacial score (nSPS) is 18.8. The van der Waals surface area contributed by atoms with Gasteiger partial charge in [0.2, 0.25) is 0 Å². The first-order valence-corrected chi connectivity index (χ1v) is 7.93. The number of anilines is 1. The number of halogens is 2. The highest BCUT2D eigenvalue weighted by molar-refractivity contribution is 9.11. The molecule has 2 aromatic rings. The zero-order valence-corrected chi connectivity index (χ0v) is 13.6. The molecule has 0 amide bonds. The number of aromatic nitrogens is 1. The highest BCUT2D eigenvalue weighted by Gasteiger charge is 2.25. The van der Waals surface area contributed by atoms with Crippen LogP contribution in [0.4, 0.5) is 5.82 Å². The molecule has 0 aliphatic carbocycles. The Balaban J connectivity index is 1.79. The number of pyridine rings is 1. The van der Waals surface area contributed by atoms with Gasteiger partial charge in [0, 0.05) is 29.7 Å². The van der Waals surface area contributed by atoms with Crippen molar-refractivity contribution in [3.05, 3.63) is 57.1 Å². The van der Waals surface area contributed by atoms with Crippen molar-refractivity contribution in [2.45, 2.75) is 12.3 Å². The summed E-state index contributed by atoms with van der Waals surface area (Å²) in [4.78, 5) is 6.88. The van der Waals surface area contributed by atoms with Crippen molar-refractivity contribution in [1.82, 2.24) is 4.98 Å². The molecule has 98 valence electrons. The lowest BCUT2D eigenvalue weighted by atomic mass is 9.99. The zero-order chi connectivity index (χ0) is 13.2. The van der Waals surface area contributed by atoms with Crippen LogP contribution in [0.2, 0.25) is 0 Å². The Hall–Kier alpha value is -0.870. The van der Waals surface area contributed by atoms with E-state index in [-0.39, 0.29) is 0 Å². The molecule has 1 fully saturated rings. The van der Waals surface area contributed by atoms with Gasteiger partial charge in [0.1, 0.15) is 5.82 Å². The molecule has 3 rings (SSSR count). The summed E-state index contributed by atoms with van der Waals surface area (Å²) in [5.74, 6) is 1.65. The summed E-state index contributed by atoms with van der Waals surface area (Å²) in [5, 5.41) is 0. The number of rotatable bonds is 2. The highest BCUT2D eigenvalue weighted by Crippen LogP contribution is 2.34. The third-order valence-corrected chi connectivity index (χ3v) is 4.56. The molecular formula is C15H14Br2N2. The van der Waals surface area contributed by atoms with Crippen molar-refractivity contribution in [2.24, 2.45) is 0 Å². The van der Waals surface area contributed by atoms with Crippen LogP contribution in [0.15, 0.2) is 51.5 Å². The number of benzene rings is 1. The molecule has 1 saturated heterocycles. The largest absolute Gasteiger partial charge is 0.355 e. The van der Waals surface area contributed by atoms with Gasteiger partial charge in [-0.3, -0.25) is 0 Å². The van der Waals surface area contributed by atoms with Crippen molar-refractivity contribution in [2.75, 3.05) is 18.0 Å². The van der Waals surface area contributed by atoms with E-state index >= 15 is 0 Å². The minimum Gasteiger partial charge on any atom is -0.355 e. The second-order valence-electron chi connectivity index (χ2n) is 4.80. The van der Waals surface area contributed by atoms with Crippen molar-refractivity contribution in [3.63, 3.8) is 0 Å². The molecule has 4 heteroatoms. The predicted molar refractivity (Wildman–Crippen MR) is 85.7 cm³/mol. The molecule has 0 spiro atoms. The van der Waals surface area contributed by atoms with Crippen LogP contribution in [-0.4, -0.2) is 18.1 Å². The summed E-state index contributed by atoms with van der Waals surface area (Å²) < 4.78 is 2.05. The van der Waals surface area contributed by atoms with E-state index in [2.05, 4.69) is 78.1 Å². The van der Waals surface area contributed by atoms with Gasteiger partial charge < -0.3 is 4.90 Å². The van der Waals surface area contributed by atoms with E-state index in [0.29, 0.717) is 5.92 Å². The number of hydrogen-bond acceptors (Lipinski definition) is 2. The van der Waals surface area contributed by atoms with Crippen LogP contribution >= 0.6 is 31.9 Å². The minimum atomic E-state index is 0.610. The molecule has 2 heterocycles. The van der Waals surface area contributed by atoms with Crippen molar-refractivity contribution in [3.8, 4) is 0 Å². The van der Waals surface area contributed by atoms with E-state index < -0.39 is 0 Å². The zero-order valence-electron chi connectivity index (χ0n) is 10.4. The van der Waals surface area contributed by atoms with Gasteiger partial charge in [0.25, 0.3) is 0 Å². The molecule has 2 nitrogen and oxygen atoms in total. The van der Waals surface area contributed by atoms with Gasteiger partial charge in [0.05, 0.1) is 4.47 Å². The van der Waals surface area contributed by atoms with Crippen LogP contribution in [0.1, 0.15) is 17.9 Å². The van der Waals surface area contributed by atoms with Gasteiger partial charge in [-0.1, -0.05) is 30.3 Å². The molecule has 1 atom stereocenters. The molecule has 0 saturated carbocycles. The van der Waals surface area contributed by atoms with Crippen LogP contribution in [-0.2, 0) is 0 Å². The smallest absolute Gasteiger partial charge is 0.142 e. The maximum absolute atomic E-state index is 4.52. The standard InChI is InChI=1S/C15H14Br2N2/c16-13-8-14(17)15(18-9-13)19-7-6-12(10-19)11-4-2-1-3-5-11/h1-5,8-9,12H,6-7,10H2. The Labute approximate surface area is 130 Å². The summed E-state index contributed by atoms with van der Waals surface area (Å²) in [7, 11) is 0. The van der Waals surface area contributed by atoms with Crippen LogP contribution in [0.3, 0.4) is 0 Å². The average molecular weight is 382 g/mol. The molecule has 0 radical (unpaired) electrons. The van der Waals surface area contributed by atoms with E-state index in [0.717, 1.165) is 27.9 Å². The van der Waals surface area contributed by atoms with Gasteiger partial charge >= 0.3 is 0 Å². The summed E-state index contributed by atoms with van der Waals surface area (Å²) >= 11 is 7.04. The summed E-state index contributed by atoms with van der Waals surface area (Å²) in [5.41, 5.74) is 1.43. The van der Waals surface area contributed by atoms with Crippen LogP contribution in [0.5, 0.6) is 0 Å². The van der Waals surface area contributed by atoms with E-state index in [1.54, 1.807) is 0 Å². The molecule has 19 heavy (non-hydrogen) atoms. The van der Waals surface area contributed by atoms with Crippen molar-refractivity contribution >= 4 is 37.7 Å². The van der Waals surface area contributed by atoms with Crippen LogP contribution in [0.25, 0.3) is 0 Å². The Bertz CT molecular complexity index is 572. The van der Waals surface area contributed by atoms with Gasteiger partial charge in [-0.2, -0.15) is 0 Å². The molecule has 0 bridgehead atoms. The first-order chi connectivity index (χ1) is 9.24. The lowest BCUT2D eigenvalue weighted by molar-refractivity contribution is 0.774. The first-order valence-electron chi connectivity index (χ1n) is 6.35. The summed E-state index contributed by atoms with van der Waals surface area (Å²) in [6.45, 7) is 2.10. The fraction of sp³-hybridized carbons (Fsp3) is 0.267. The maximum Gasteiger partial charge on any atom is 0.142 e. The molecule has 1 aromatic carbocycles. The third-order valence-electron chi connectivity index (χ3n) is 3.55. The number of nitrogens with zero attached hydrogens (tertiary/aromatic N) is 2. The van der Waals surface area contributed by atoms with Gasteiger partial charge in [-0.15, -0.1) is 0 Å². The van der Waals surface area contributed by atoms with Crippen LogP contribution in [0, 0.1) is 0 Å². The highest BCUT2D eigenvalue weighted by atomic mass is 79.9. The quantitative estimate of drug-likeness (QED) is 0.755. The topological polar surface area (TPSA) is 16.1 Å². The van der Waals surface area contributed by atoms with Gasteiger partial charge in [-0.25, -0.2) is 4.98 Å². The Kier molecular flexibility index (Phi) is 3.89. The Morgan fingerprint density at radius 2 is 1.95 bits per heavy atom.